The lowest BCUT2D eigenvalue weighted by molar-refractivity contribution is 0.742. The number of H-pyrrole nitrogens is 1. The van der Waals surface area contributed by atoms with E-state index in [1.165, 1.54) is 12.0 Å². The molecule has 4 heterocycles. The fraction of sp³-hybridized carbons (Fsp3) is 0.125. The number of hydrogen-bond acceptors (Lipinski definition) is 5. The molecule has 0 bridgehead atoms. The van der Waals surface area contributed by atoms with Crippen LogP contribution in [0.3, 0.4) is 0 Å². The summed E-state index contributed by atoms with van der Waals surface area (Å²) in [7, 11) is 0. The van der Waals surface area contributed by atoms with Crippen molar-refractivity contribution in [3.63, 3.8) is 0 Å². The Morgan fingerprint density at radius 1 is 0.821 bits per heavy atom. The van der Waals surface area contributed by atoms with Crippen molar-refractivity contribution in [2.24, 2.45) is 0 Å². The maximum absolute atomic E-state index is 14.4. The van der Waals surface area contributed by atoms with Crippen molar-refractivity contribution < 1.29 is 0 Å². The summed E-state index contributed by atoms with van der Waals surface area (Å²) in [6.45, 7) is 0. The summed E-state index contributed by atoms with van der Waals surface area (Å²) < 4.78 is 1.60. The number of nitrogens with one attached hydrogen (secondary N) is 2. The van der Waals surface area contributed by atoms with Gasteiger partial charge in [0.2, 0.25) is 0 Å². The number of aromatic nitrogens is 5. The van der Waals surface area contributed by atoms with Gasteiger partial charge in [0.1, 0.15) is 11.6 Å². The van der Waals surface area contributed by atoms with Gasteiger partial charge >= 0.3 is 0 Å². The number of rotatable bonds is 5. The van der Waals surface area contributed by atoms with Crippen molar-refractivity contribution in [3.05, 3.63) is 113 Å². The van der Waals surface area contributed by atoms with Gasteiger partial charge in [-0.05, 0) is 67.2 Å². The first-order valence-corrected chi connectivity index (χ1v) is 13.2. The standard InChI is InChI=1S/C32H26N6O/c39-32-28(24-16-17-25-23(20-24)14-9-19-33-25)30(35-26-15-7-8-18-34-26)36-31-27(21-10-3-1-4-11-21)29(37-38(31)32)22-12-5-2-6-13-22/h2,5-10,12-20,37H,1,3-4,11H2,(H,34,35). The third-order valence-electron chi connectivity index (χ3n) is 7.26. The van der Waals surface area contributed by atoms with Crippen molar-refractivity contribution in [2.75, 3.05) is 5.32 Å². The molecule has 1 aliphatic carbocycles. The molecule has 0 saturated heterocycles. The molecule has 0 amide bonds. The van der Waals surface area contributed by atoms with E-state index in [4.69, 9.17) is 4.98 Å². The number of allylic oxidation sites excluding steroid dienone is 2. The number of anilines is 2. The average molecular weight is 511 g/mol. The van der Waals surface area contributed by atoms with Crippen molar-refractivity contribution in [1.82, 2.24) is 24.6 Å². The molecular weight excluding hydrogens is 484 g/mol. The predicted molar refractivity (Wildman–Crippen MR) is 156 cm³/mol. The Morgan fingerprint density at radius 3 is 2.51 bits per heavy atom. The van der Waals surface area contributed by atoms with Gasteiger partial charge in [-0.1, -0.05) is 54.6 Å². The highest BCUT2D eigenvalue weighted by atomic mass is 16.1. The van der Waals surface area contributed by atoms with E-state index in [-0.39, 0.29) is 5.56 Å². The number of benzene rings is 2. The van der Waals surface area contributed by atoms with Crippen LogP contribution in [-0.4, -0.2) is 24.6 Å². The number of pyridine rings is 2. The van der Waals surface area contributed by atoms with E-state index in [2.05, 4.69) is 38.6 Å². The molecule has 0 fully saturated rings. The highest BCUT2D eigenvalue weighted by Gasteiger charge is 2.24. The van der Waals surface area contributed by atoms with Crippen LogP contribution in [0.25, 0.3) is 44.5 Å². The molecule has 1 aliphatic rings. The summed E-state index contributed by atoms with van der Waals surface area (Å²) in [4.78, 5) is 28.4. The Labute approximate surface area is 224 Å². The second kappa shape index (κ2) is 9.68. The van der Waals surface area contributed by atoms with Crippen LogP contribution in [-0.2, 0) is 0 Å². The van der Waals surface area contributed by atoms with E-state index < -0.39 is 0 Å². The number of nitrogens with zero attached hydrogens (tertiary/aromatic N) is 4. The maximum atomic E-state index is 14.4. The summed E-state index contributed by atoms with van der Waals surface area (Å²) in [5.74, 6) is 1.09. The van der Waals surface area contributed by atoms with Gasteiger partial charge in [0.15, 0.2) is 5.65 Å². The SMILES string of the molecule is O=c1c(-c2ccc3ncccc3c2)c(Nc2ccccn2)nc2c(C3=CCCCC3)c(-c3ccccc3)[nH]n12. The largest absolute Gasteiger partial charge is 0.324 e. The molecule has 0 spiro atoms. The Hall–Kier alpha value is -5.04. The second-order valence-corrected chi connectivity index (χ2v) is 9.75. The second-order valence-electron chi connectivity index (χ2n) is 9.75. The predicted octanol–water partition coefficient (Wildman–Crippen LogP) is 7.00. The third kappa shape index (κ3) is 4.18. The number of fused-ring (bicyclic) bond motifs is 2. The van der Waals surface area contributed by atoms with Crippen LogP contribution in [0.15, 0.2) is 102 Å². The Kier molecular flexibility index (Phi) is 5.74. The highest BCUT2D eigenvalue weighted by Crippen LogP contribution is 2.37. The molecule has 0 radical (unpaired) electrons. The van der Waals surface area contributed by atoms with E-state index in [1.54, 1.807) is 16.9 Å². The zero-order valence-electron chi connectivity index (χ0n) is 21.3. The molecule has 7 rings (SSSR count). The van der Waals surface area contributed by atoms with Crippen molar-refractivity contribution in [1.29, 1.82) is 0 Å². The Balaban J connectivity index is 1.53. The van der Waals surface area contributed by atoms with Gasteiger partial charge in [0.25, 0.3) is 5.56 Å². The van der Waals surface area contributed by atoms with Crippen molar-refractivity contribution in [3.8, 4) is 22.4 Å². The molecule has 2 aromatic carbocycles. The molecule has 7 heteroatoms. The maximum Gasteiger partial charge on any atom is 0.282 e. The minimum Gasteiger partial charge on any atom is -0.324 e. The Bertz CT molecular complexity index is 1900. The quantitative estimate of drug-likeness (QED) is 0.261. The first-order chi connectivity index (χ1) is 19.3. The van der Waals surface area contributed by atoms with Gasteiger partial charge in [0, 0.05) is 28.9 Å². The molecule has 0 unspecified atom stereocenters. The van der Waals surface area contributed by atoms with Crippen molar-refractivity contribution in [2.45, 2.75) is 25.7 Å². The van der Waals surface area contributed by atoms with Crippen LogP contribution < -0.4 is 10.9 Å². The zero-order chi connectivity index (χ0) is 26.2. The lowest BCUT2D eigenvalue weighted by Gasteiger charge is -2.15. The van der Waals surface area contributed by atoms with E-state index >= 15 is 0 Å². The van der Waals surface area contributed by atoms with Crippen LogP contribution in [0.4, 0.5) is 11.6 Å². The molecule has 6 aromatic rings. The number of aromatic amines is 1. The van der Waals surface area contributed by atoms with Gasteiger partial charge in [-0.3, -0.25) is 14.9 Å². The van der Waals surface area contributed by atoms with Crippen LogP contribution >= 0.6 is 0 Å². The average Bonchev–Trinajstić information content (AvgIpc) is 3.38. The topological polar surface area (TPSA) is 88.0 Å². The highest BCUT2D eigenvalue weighted by molar-refractivity contribution is 5.91. The first-order valence-electron chi connectivity index (χ1n) is 13.2. The van der Waals surface area contributed by atoms with Crippen LogP contribution in [0.5, 0.6) is 0 Å². The monoisotopic (exact) mass is 510 g/mol. The van der Waals surface area contributed by atoms with E-state index in [0.29, 0.717) is 22.8 Å². The van der Waals surface area contributed by atoms with Crippen molar-refractivity contribution >= 4 is 33.8 Å². The van der Waals surface area contributed by atoms with Crippen LogP contribution in [0, 0.1) is 0 Å². The first kappa shape index (κ1) is 23.1. The fourth-order valence-corrected chi connectivity index (χ4v) is 5.39. The molecule has 4 aromatic heterocycles. The summed E-state index contributed by atoms with van der Waals surface area (Å²) in [6, 6.07) is 25.5. The minimum atomic E-state index is -0.179. The smallest absolute Gasteiger partial charge is 0.282 e. The van der Waals surface area contributed by atoms with E-state index in [1.807, 2.05) is 66.7 Å². The van der Waals surface area contributed by atoms with Gasteiger partial charge in [-0.15, -0.1) is 0 Å². The van der Waals surface area contributed by atoms with E-state index in [9.17, 15) is 4.79 Å². The molecule has 39 heavy (non-hydrogen) atoms. The van der Waals surface area contributed by atoms with E-state index in [0.717, 1.165) is 52.5 Å². The molecule has 0 aliphatic heterocycles. The molecule has 0 saturated carbocycles. The van der Waals surface area contributed by atoms with Gasteiger partial charge in [-0.2, -0.15) is 4.52 Å². The lowest BCUT2D eigenvalue weighted by Crippen LogP contribution is -2.20. The van der Waals surface area contributed by atoms with Gasteiger partial charge < -0.3 is 5.32 Å². The molecule has 190 valence electrons. The summed E-state index contributed by atoms with van der Waals surface area (Å²) in [5, 5.41) is 7.73. The zero-order valence-corrected chi connectivity index (χ0v) is 21.3. The van der Waals surface area contributed by atoms with Gasteiger partial charge in [-0.25, -0.2) is 9.97 Å². The molecular formula is C32H26N6O. The van der Waals surface area contributed by atoms with Crippen LogP contribution in [0.2, 0.25) is 0 Å². The normalized spacial score (nSPS) is 13.5. The fourth-order valence-electron chi connectivity index (χ4n) is 5.39. The molecule has 0 atom stereocenters. The molecule has 7 nitrogen and oxygen atoms in total. The van der Waals surface area contributed by atoms with Gasteiger partial charge in [0.05, 0.1) is 16.8 Å². The van der Waals surface area contributed by atoms with Crippen LogP contribution in [0.1, 0.15) is 31.2 Å². The Morgan fingerprint density at radius 2 is 1.69 bits per heavy atom. The summed E-state index contributed by atoms with van der Waals surface area (Å²) in [6.07, 6.45) is 10.0. The third-order valence-corrected chi connectivity index (χ3v) is 7.26. The number of hydrogen-bond donors (Lipinski definition) is 2. The minimum absolute atomic E-state index is 0.179. The summed E-state index contributed by atoms with van der Waals surface area (Å²) >= 11 is 0. The lowest BCUT2D eigenvalue weighted by atomic mass is 9.92. The summed E-state index contributed by atoms with van der Waals surface area (Å²) in [5.41, 5.74) is 6.64. The molecule has 2 N–H and O–H groups in total.